The minimum absolute atomic E-state index is 0.174. The first-order chi connectivity index (χ1) is 9.08. The molecular weight excluding hydrogens is 244 g/mol. The lowest BCUT2D eigenvalue weighted by atomic mass is 10.1. The van der Waals surface area contributed by atoms with E-state index in [-0.39, 0.29) is 6.54 Å². The maximum atomic E-state index is 11.8. The zero-order valence-corrected chi connectivity index (χ0v) is 10.8. The zero-order valence-electron chi connectivity index (χ0n) is 10.8. The van der Waals surface area contributed by atoms with Crippen LogP contribution in [-0.4, -0.2) is 26.5 Å². The van der Waals surface area contributed by atoms with Crippen LogP contribution in [0.1, 0.15) is 21.7 Å². The predicted molar refractivity (Wildman–Crippen MR) is 68.4 cm³/mol. The molecule has 1 heterocycles. The number of nitrogens with one attached hydrogen (secondary N) is 1. The first-order valence-electron chi connectivity index (χ1n) is 5.80. The van der Waals surface area contributed by atoms with Gasteiger partial charge < -0.3 is 9.88 Å². The topological polar surface area (TPSA) is 76.9 Å². The number of Topliss-reactive ketones (excluding diaryl/α,β-unsaturated/α-hetero) is 1. The molecule has 98 valence electrons. The Morgan fingerprint density at radius 1 is 1.26 bits per heavy atom. The van der Waals surface area contributed by atoms with Crippen LogP contribution in [0.2, 0.25) is 0 Å². The molecule has 1 aromatic carbocycles. The average molecular weight is 258 g/mol. The highest BCUT2D eigenvalue weighted by Gasteiger charge is 2.16. The van der Waals surface area contributed by atoms with Crippen molar-refractivity contribution in [1.29, 1.82) is 0 Å². The fraction of sp³-hybridized carbons (Fsp3) is 0.231. The van der Waals surface area contributed by atoms with Crippen LogP contribution in [0.25, 0.3) is 0 Å². The molecule has 0 atom stereocenters. The molecule has 0 saturated heterocycles. The van der Waals surface area contributed by atoms with Gasteiger partial charge in [0, 0.05) is 12.6 Å². The number of aromatic nitrogens is 3. The predicted octanol–water partition coefficient (Wildman–Crippen LogP) is 0.623. The molecule has 0 aliphatic heterocycles. The quantitative estimate of drug-likeness (QED) is 0.644. The average Bonchev–Trinajstić information content (AvgIpc) is 2.81. The van der Waals surface area contributed by atoms with Crippen molar-refractivity contribution in [3.05, 3.63) is 47.5 Å². The molecule has 0 aliphatic carbocycles. The number of hydrogen-bond acceptors (Lipinski definition) is 4. The largest absolute Gasteiger partial charge is 0.342 e. The Balaban J connectivity index is 1.98. The van der Waals surface area contributed by atoms with Crippen LogP contribution in [0.4, 0.5) is 0 Å². The molecule has 1 aromatic heterocycles. The summed E-state index contributed by atoms with van der Waals surface area (Å²) in [5, 5.41) is 10.0. The van der Waals surface area contributed by atoms with Crippen LogP contribution in [0.3, 0.4) is 0 Å². The normalized spacial score (nSPS) is 10.2. The first kappa shape index (κ1) is 12.9. The summed E-state index contributed by atoms with van der Waals surface area (Å²) < 4.78 is 1.68. The van der Waals surface area contributed by atoms with Crippen molar-refractivity contribution in [3.8, 4) is 0 Å². The minimum Gasteiger partial charge on any atom is -0.342 e. The van der Waals surface area contributed by atoms with Gasteiger partial charge in [-0.25, -0.2) is 0 Å². The number of carbonyl (C=O) groups excluding carboxylic acids is 2. The Kier molecular flexibility index (Phi) is 3.70. The van der Waals surface area contributed by atoms with Gasteiger partial charge >= 0.3 is 0 Å². The van der Waals surface area contributed by atoms with E-state index in [0.29, 0.717) is 11.4 Å². The van der Waals surface area contributed by atoms with Gasteiger partial charge in [-0.2, -0.15) is 0 Å². The van der Waals surface area contributed by atoms with Crippen molar-refractivity contribution in [3.63, 3.8) is 0 Å². The number of aryl methyl sites for hydroxylation is 2. The third-order valence-electron chi connectivity index (χ3n) is 2.73. The monoisotopic (exact) mass is 258 g/mol. The van der Waals surface area contributed by atoms with E-state index in [1.807, 2.05) is 6.92 Å². The SMILES string of the molecule is Cc1ccc(C(=O)C(=O)NCc2nncn2C)cc1. The minimum atomic E-state index is -0.646. The van der Waals surface area contributed by atoms with Crippen LogP contribution < -0.4 is 5.32 Å². The summed E-state index contributed by atoms with van der Waals surface area (Å²) in [6.07, 6.45) is 1.53. The second-order valence-electron chi connectivity index (χ2n) is 4.24. The summed E-state index contributed by atoms with van der Waals surface area (Å²) in [5.74, 6) is -0.612. The Morgan fingerprint density at radius 2 is 1.95 bits per heavy atom. The maximum Gasteiger partial charge on any atom is 0.292 e. The number of benzene rings is 1. The second-order valence-corrected chi connectivity index (χ2v) is 4.24. The lowest BCUT2D eigenvalue weighted by Crippen LogP contribution is -2.31. The summed E-state index contributed by atoms with van der Waals surface area (Å²) in [6.45, 7) is 2.09. The highest BCUT2D eigenvalue weighted by molar-refractivity contribution is 6.42. The highest BCUT2D eigenvalue weighted by Crippen LogP contribution is 2.04. The number of amides is 1. The van der Waals surface area contributed by atoms with Crippen molar-refractivity contribution in [1.82, 2.24) is 20.1 Å². The fourth-order valence-electron chi connectivity index (χ4n) is 1.54. The summed E-state index contributed by atoms with van der Waals surface area (Å²) in [7, 11) is 1.77. The number of rotatable bonds is 4. The van der Waals surface area contributed by atoms with Crippen LogP contribution in [0.15, 0.2) is 30.6 Å². The van der Waals surface area contributed by atoms with Gasteiger partial charge in [0.15, 0.2) is 5.82 Å². The molecule has 1 amide bonds. The Bertz CT molecular complexity index is 601. The number of ketones is 1. The maximum absolute atomic E-state index is 11.8. The van der Waals surface area contributed by atoms with E-state index < -0.39 is 11.7 Å². The van der Waals surface area contributed by atoms with Crippen molar-refractivity contribution < 1.29 is 9.59 Å². The molecule has 0 bridgehead atoms. The number of nitrogens with zero attached hydrogens (tertiary/aromatic N) is 3. The van der Waals surface area contributed by atoms with E-state index in [1.54, 1.807) is 35.9 Å². The van der Waals surface area contributed by atoms with E-state index in [0.717, 1.165) is 5.56 Å². The van der Waals surface area contributed by atoms with Crippen molar-refractivity contribution >= 4 is 11.7 Å². The summed E-state index contributed by atoms with van der Waals surface area (Å²) >= 11 is 0. The van der Waals surface area contributed by atoms with E-state index in [2.05, 4.69) is 15.5 Å². The highest BCUT2D eigenvalue weighted by atomic mass is 16.2. The zero-order chi connectivity index (χ0) is 13.8. The summed E-state index contributed by atoms with van der Waals surface area (Å²) in [4.78, 5) is 23.6. The van der Waals surface area contributed by atoms with E-state index in [1.165, 1.54) is 6.33 Å². The smallest absolute Gasteiger partial charge is 0.292 e. The molecule has 6 heteroatoms. The van der Waals surface area contributed by atoms with Gasteiger partial charge in [0.25, 0.3) is 5.91 Å². The molecule has 2 aromatic rings. The number of hydrogen-bond donors (Lipinski definition) is 1. The van der Waals surface area contributed by atoms with Gasteiger partial charge in [-0.1, -0.05) is 29.8 Å². The molecule has 0 spiro atoms. The molecule has 2 rings (SSSR count). The van der Waals surface area contributed by atoms with E-state index in [4.69, 9.17) is 0 Å². The Hall–Kier alpha value is -2.50. The standard InChI is InChI=1S/C13H14N4O2/c1-9-3-5-10(6-4-9)12(18)13(19)14-7-11-16-15-8-17(11)2/h3-6,8H,7H2,1-2H3,(H,14,19). The van der Waals surface area contributed by atoms with Crippen molar-refractivity contribution in [2.75, 3.05) is 0 Å². The second kappa shape index (κ2) is 5.43. The van der Waals surface area contributed by atoms with Gasteiger partial charge in [-0.15, -0.1) is 10.2 Å². The van der Waals surface area contributed by atoms with Gasteiger partial charge in [-0.3, -0.25) is 9.59 Å². The molecule has 19 heavy (non-hydrogen) atoms. The van der Waals surface area contributed by atoms with Gasteiger partial charge in [0.1, 0.15) is 6.33 Å². The lowest BCUT2D eigenvalue weighted by Gasteiger charge is -2.04. The Labute approximate surface area is 110 Å². The molecule has 0 fully saturated rings. The Morgan fingerprint density at radius 3 is 2.53 bits per heavy atom. The van der Waals surface area contributed by atoms with Gasteiger partial charge in [0.2, 0.25) is 5.78 Å². The molecule has 6 nitrogen and oxygen atoms in total. The first-order valence-corrected chi connectivity index (χ1v) is 5.80. The fourth-order valence-corrected chi connectivity index (χ4v) is 1.54. The number of carbonyl (C=O) groups is 2. The third-order valence-corrected chi connectivity index (χ3v) is 2.73. The molecule has 0 radical (unpaired) electrons. The summed E-state index contributed by atoms with van der Waals surface area (Å²) in [6, 6.07) is 6.87. The van der Waals surface area contributed by atoms with Crippen molar-refractivity contribution in [2.24, 2.45) is 7.05 Å². The van der Waals surface area contributed by atoms with Crippen LogP contribution in [-0.2, 0) is 18.4 Å². The van der Waals surface area contributed by atoms with Gasteiger partial charge in [-0.05, 0) is 6.92 Å². The molecule has 0 unspecified atom stereocenters. The molecule has 1 N–H and O–H groups in total. The van der Waals surface area contributed by atoms with Gasteiger partial charge in [0.05, 0.1) is 6.54 Å². The lowest BCUT2D eigenvalue weighted by molar-refractivity contribution is -0.117. The van der Waals surface area contributed by atoms with Crippen LogP contribution in [0, 0.1) is 6.92 Å². The van der Waals surface area contributed by atoms with E-state index in [9.17, 15) is 9.59 Å². The van der Waals surface area contributed by atoms with Crippen molar-refractivity contribution in [2.45, 2.75) is 13.5 Å². The van der Waals surface area contributed by atoms with Crippen LogP contribution in [0.5, 0.6) is 0 Å². The van der Waals surface area contributed by atoms with E-state index >= 15 is 0 Å². The van der Waals surface area contributed by atoms with Crippen LogP contribution >= 0.6 is 0 Å². The molecule has 0 saturated carbocycles. The summed E-state index contributed by atoms with van der Waals surface area (Å²) in [5.41, 5.74) is 1.41. The molecular formula is C13H14N4O2. The molecule has 0 aliphatic rings. The third kappa shape index (κ3) is 3.04.